The van der Waals surface area contributed by atoms with Gasteiger partial charge in [-0.15, -0.1) is 0 Å². The summed E-state index contributed by atoms with van der Waals surface area (Å²) in [4.78, 5) is 0. The summed E-state index contributed by atoms with van der Waals surface area (Å²) in [6.07, 6.45) is 7.69. The van der Waals surface area contributed by atoms with Crippen LogP contribution in [0.25, 0.3) is 0 Å². The van der Waals surface area contributed by atoms with Crippen molar-refractivity contribution in [1.29, 1.82) is 0 Å². The summed E-state index contributed by atoms with van der Waals surface area (Å²) in [6, 6.07) is 10.6. The van der Waals surface area contributed by atoms with Crippen LogP contribution in [0.3, 0.4) is 0 Å². The van der Waals surface area contributed by atoms with Crippen molar-refractivity contribution in [2.45, 2.75) is 11.8 Å². The minimum atomic E-state index is 0.124. The third-order valence-electron chi connectivity index (χ3n) is 2.81. The molecular weight excluding hydrogens is 316 g/mol. The zero-order valence-electron chi connectivity index (χ0n) is 8.29. The van der Waals surface area contributed by atoms with Crippen LogP contribution < -0.4 is 0 Å². The third kappa shape index (κ3) is 2.26. The molecule has 1 unspecified atom stereocenters. The van der Waals surface area contributed by atoms with Gasteiger partial charge in [0.2, 0.25) is 0 Å². The molecule has 1 aromatic rings. The molecule has 0 nitrogen and oxygen atoms in total. The van der Waals surface area contributed by atoms with Crippen LogP contribution in [0.1, 0.15) is 12.0 Å². The fourth-order valence-electron chi connectivity index (χ4n) is 1.82. The average Bonchev–Trinajstić information content (AvgIpc) is 2.32. The molecule has 1 aromatic carbocycles. The monoisotopic (exact) mass is 326 g/mol. The SMILES string of the molecule is BrCC1(c2ccccc2)C=CC(Br)=CC1. The molecule has 0 aromatic heterocycles. The fourth-order valence-corrected chi connectivity index (χ4v) is 2.85. The third-order valence-corrected chi connectivity index (χ3v) is 4.40. The Morgan fingerprint density at radius 3 is 2.47 bits per heavy atom. The molecule has 2 heteroatoms. The summed E-state index contributed by atoms with van der Waals surface area (Å²) < 4.78 is 1.18. The van der Waals surface area contributed by atoms with E-state index in [1.54, 1.807) is 0 Å². The molecule has 0 fully saturated rings. The standard InChI is InChI=1S/C13H12Br2/c14-10-13(8-6-12(15)7-9-13)11-4-2-1-3-5-11/h1-8H,9-10H2. The first-order chi connectivity index (χ1) is 7.27. The number of hydrogen-bond acceptors (Lipinski definition) is 0. The maximum Gasteiger partial charge on any atom is 0.0267 e. The topological polar surface area (TPSA) is 0 Å². The van der Waals surface area contributed by atoms with Crippen LogP contribution in [0, 0.1) is 0 Å². The van der Waals surface area contributed by atoms with Gasteiger partial charge in [0.05, 0.1) is 0 Å². The van der Waals surface area contributed by atoms with Gasteiger partial charge in [-0.2, -0.15) is 0 Å². The highest BCUT2D eigenvalue weighted by molar-refractivity contribution is 9.11. The number of halogens is 2. The normalized spacial score (nSPS) is 25.1. The van der Waals surface area contributed by atoms with E-state index in [2.05, 4.69) is 80.4 Å². The van der Waals surface area contributed by atoms with Crippen LogP contribution >= 0.6 is 31.9 Å². The first-order valence-corrected chi connectivity index (χ1v) is 6.85. The van der Waals surface area contributed by atoms with E-state index in [0.717, 1.165) is 11.8 Å². The van der Waals surface area contributed by atoms with Crippen LogP contribution in [0.5, 0.6) is 0 Å². The number of alkyl halides is 1. The van der Waals surface area contributed by atoms with Gasteiger partial charge in [-0.25, -0.2) is 0 Å². The van der Waals surface area contributed by atoms with Crippen molar-refractivity contribution in [3.63, 3.8) is 0 Å². The molecule has 0 bridgehead atoms. The molecule has 0 saturated carbocycles. The summed E-state index contributed by atoms with van der Waals surface area (Å²) in [7, 11) is 0. The summed E-state index contributed by atoms with van der Waals surface area (Å²) in [5.74, 6) is 0. The van der Waals surface area contributed by atoms with Crippen LogP contribution in [0.2, 0.25) is 0 Å². The number of rotatable bonds is 2. The lowest BCUT2D eigenvalue weighted by Crippen LogP contribution is -2.26. The van der Waals surface area contributed by atoms with E-state index in [9.17, 15) is 0 Å². The molecule has 1 aliphatic rings. The Kier molecular flexibility index (Phi) is 3.47. The summed E-state index contributed by atoms with van der Waals surface area (Å²) in [5.41, 5.74) is 1.49. The molecular formula is C13H12Br2. The Balaban J connectivity index is 2.37. The lowest BCUT2D eigenvalue weighted by molar-refractivity contribution is 0.615. The van der Waals surface area contributed by atoms with E-state index in [0.29, 0.717) is 0 Å². The molecule has 1 aliphatic carbocycles. The zero-order valence-corrected chi connectivity index (χ0v) is 11.5. The Morgan fingerprint density at radius 2 is 1.93 bits per heavy atom. The minimum absolute atomic E-state index is 0.124. The Hall–Kier alpha value is -0.340. The van der Waals surface area contributed by atoms with Gasteiger partial charge in [0.25, 0.3) is 0 Å². The lowest BCUT2D eigenvalue weighted by Gasteiger charge is -2.30. The maximum atomic E-state index is 3.63. The Bertz CT molecular complexity index is 392. The fraction of sp³-hybridized carbons (Fsp3) is 0.231. The summed E-state index contributed by atoms with van der Waals surface area (Å²) in [5, 5.41) is 0.956. The molecule has 0 spiro atoms. The molecule has 2 rings (SSSR count). The molecule has 0 heterocycles. The highest BCUT2D eigenvalue weighted by atomic mass is 79.9. The molecule has 1 atom stereocenters. The highest BCUT2D eigenvalue weighted by Gasteiger charge is 2.28. The van der Waals surface area contributed by atoms with E-state index < -0.39 is 0 Å². The lowest BCUT2D eigenvalue weighted by atomic mass is 9.77. The zero-order chi connectivity index (χ0) is 10.7. The molecule has 15 heavy (non-hydrogen) atoms. The van der Waals surface area contributed by atoms with E-state index in [4.69, 9.17) is 0 Å². The van der Waals surface area contributed by atoms with E-state index in [1.165, 1.54) is 10.0 Å². The molecule has 0 amide bonds. The largest absolute Gasteiger partial charge is 0.0915 e. The van der Waals surface area contributed by atoms with Gasteiger partial charge in [-0.1, -0.05) is 80.4 Å². The Labute approximate surface area is 107 Å². The van der Waals surface area contributed by atoms with Crippen molar-refractivity contribution >= 4 is 31.9 Å². The number of benzene rings is 1. The van der Waals surface area contributed by atoms with Crippen LogP contribution in [0.4, 0.5) is 0 Å². The van der Waals surface area contributed by atoms with Crippen LogP contribution in [0.15, 0.2) is 53.0 Å². The molecule has 0 N–H and O–H groups in total. The predicted molar refractivity (Wildman–Crippen MR) is 72.7 cm³/mol. The summed E-state index contributed by atoms with van der Waals surface area (Å²) >= 11 is 7.13. The van der Waals surface area contributed by atoms with Crippen molar-refractivity contribution in [2.24, 2.45) is 0 Å². The van der Waals surface area contributed by atoms with E-state index >= 15 is 0 Å². The first kappa shape index (κ1) is 11.2. The maximum absolute atomic E-state index is 3.63. The van der Waals surface area contributed by atoms with Gasteiger partial charge in [0.1, 0.15) is 0 Å². The Morgan fingerprint density at radius 1 is 1.20 bits per heavy atom. The summed E-state index contributed by atoms with van der Waals surface area (Å²) in [6.45, 7) is 0. The second-order valence-electron chi connectivity index (χ2n) is 3.78. The van der Waals surface area contributed by atoms with Gasteiger partial charge in [-0.05, 0) is 12.0 Å². The van der Waals surface area contributed by atoms with Gasteiger partial charge in [0, 0.05) is 15.2 Å². The van der Waals surface area contributed by atoms with Gasteiger partial charge >= 0.3 is 0 Å². The molecule has 78 valence electrons. The highest BCUT2D eigenvalue weighted by Crippen LogP contribution is 2.36. The molecule has 0 aliphatic heterocycles. The average molecular weight is 328 g/mol. The van der Waals surface area contributed by atoms with E-state index in [-0.39, 0.29) is 5.41 Å². The van der Waals surface area contributed by atoms with Crippen LogP contribution in [-0.4, -0.2) is 5.33 Å². The predicted octanol–water partition coefficient (Wildman–Crippen LogP) is 4.56. The van der Waals surface area contributed by atoms with Crippen molar-refractivity contribution in [3.05, 3.63) is 58.6 Å². The number of allylic oxidation sites excluding steroid dienone is 4. The van der Waals surface area contributed by atoms with Crippen molar-refractivity contribution in [3.8, 4) is 0 Å². The van der Waals surface area contributed by atoms with Crippen molar-refractivity contribution in [2.75, 3.05) is 5.33 Å². The second kappa shape index (κ2) is 4.67. The molecule has 0 saturated heterocycles. The first-order valence-electron chi connectivity index (χ1n) is 4.93. The minimum Gasteiger partial charge on any atom is -0.0915 e. The van der Waals surface area contributed by atoms with Gasteiger partial charge < -0.3 is 0 Å². The van der Waals surface area contributed by atoms with Crippen molar-refractivity contribution < 1.29 is 0 Å². The molecule has 0 radical (unpaired) electrons. The number of hydrogen-bond donors (Lipinski definition) is 0. The van der Waals surface area contributed by atoms with Gasteiger partial charge in [-0.3, -0.25) is 0 Å². The quantitative estimate of drug-likeness (QED) is 0.699. The van der Waals surface area contributed by atoms with Gasteiger partial charge in [0.15, 0.2) is 0 Å². The van der Waals surface area contributed by atoms with E-state index in [1.807, 2.05) is 0 Å². The van der Waals surface area contributed by atoms with Crippen LogP contribution in [-0.2, 0) is 5.41 Å². The second-order valence-corrected chi connectivity index (χ2v) is 5.26. The smallest absolute Gasteiger partial charge is 0.0267 e. The van der Waals surface area contributed by atoms with Crippen molar-refractivity contribution in [1.82, 2.24) is 0 Å².